The Bertz CT molecular complexity index is 916. The van der Waals surface area contributed by atoms with Crippen LogP contribution < -0.4 is 0 Å². The standard InChI is InChI=1S/C18H16FN3O/c1-18(2,23)17-13(7-11(5-6-20)8-14(17)19)12-3-4-15-16(9-12)22-10-21-15/h3-4,7-10,23H,5H2,1-2H3,(H,21,22). The Labute approximate surface area is 133 Å². The molecule has 0 aliphatic rings. The second kappa shape index (κ2) is 5.49. The number of hydrogen-bond acceptors (Lipinski definition) is 3. The highest BCUT2D eigenvalue weighted by molar-refractivity contribution is 5.83. The van der Waals surface area contributed by atoms with Gasteiger partial charge in [0.15, 0.2) is 0 Å². The second-order valence-electron chi connectivity index (χ2n) is 6.03. The van der Waals surface area contributed by atoms with Crippen LogP contribution in [-0.2, 0) is 12.0 Å². The van der Waals surface area contributed by atoms with Gasteiger partial charge < -0.3 is 10.1 Å². The zero-order valence-electron chi connectivity index (χ0n) is 12.9. The maximum atomic E-state index is 14.6. The summed E-state index contributed by atoms with van der Waals surface area (Å²) in [6.07, 6.45) is 1.71. The summed E-state index contributed by atoms with van der Waals surface area (Å²) in [5, 5.41) is 19.3. The van der Waals surface area contributed by atoms with E-state index in [0.717, 1.165) is 16.6 Å². The normalized spacial score (nSPS) is 11.6. The Morgan fingerprint density at radius 2 is 2.09 bits per heavy atom. The number of nitrogens with zero attached hydrogens (tertiary/aromatic N) is 2. The average Bonchev–Trinajstić information content (AvgIpc) is 2.92. The molecule has 2 N–H and O–H groups in total. The van der Waals surface area contributed by atoms with Crippen molar-refractivity contribution < 1.29 is 9.50 Å². The maximum absolute atomic E-state index is 14.6. The minimum Gasteiger partial charge on any atom is -0.386 e. The smallest absolute Gasteiger partial charge is 0.130 e. The fraction of sp³-hybridized carbons (Fsp3) is 0.222. The summed E-state index contributed by atoms with van der Waals surface area (Å²) in [5.74, 6) is -0.512. The molecule has 2 aromatic carbocycles. The molecule has 0 saturated heterocycles. The number of H-pyrrole nitrogens is 1. The number of imidazole rings is 1. The molecule has 0 spiro atoms. The predicted octanol–water partition coefficient (Wildman–Crippen LogP) is 3.66. The summed E-state index contributed by atoms with van der Waals surface area (Å²) in [6.45, 7) is 3.10. The van der Waals surface area contributed by atoms with E-state index in [1.165, 1.54) is 6.07 Å². The van der Waals surface area contributed by atoms with Crippen molar-refractivity contribution in [1.29, 1.82) is 5.26 Å². The first-order chi connectivity index (χ1) is 10.9. The molecule has 3 rings (SSSR count). The third kappa shape index (κ3) is 2.81. The lowest BCUT2D eigenvalue weighted by Gasteiger charge is -2.23. The van der Waals surface area contributed by atoms with Gasteiger partial charge in [-0.3, -0.25) is 0 Å². The number of fused-ring (bicyclic) bond motifs is 1. The fourth-order valence-electron chi connectivity index (χ4n) is 2.81. The number of hydrogen-bond donors (Lipinski definition) is 2. The van der Waals surface area contributed by atoms with Crippen LogP contribution in [0.3, 0.4) is 0 Å². The van der Waals surface area contributed by atoms with Gasteiger partial charge >= 0.3 is 0 Å². The lowest BCUT2D eigenvalue weighted by molar-refractivity contribution is 0.0752. The van der Waals surface area contributed by atoms with E-state index < -0.39 is 11.4 Å². The first-order valence-corrected chi connectivity index (χ1v) is 7.26. The molecule has 4 nitrogen and oxygen atoms in total. The molecule has 116 valence electrons. The van der Waals surface area contributed by atoms with Gasteiger partial charge in [0.2, 0.25) is 0 Å². The van der Waals surface area contributed by atoms with E-state index in [1.54, 1.807) is 26.2 Å². The molecule has 0 amide bonds. The molecule has 0 radical (unpaired) electrons. The van der Waals surface area contributed by atoms with E-state index in [2.05, 4.69) is 9.97 Å². The summed E-state index contributed by atoms with van der Waals surface area (Å²) >= 11 is 0. The van der Waals surface area contributed by atoms with Crippen molar-refractivity contribution in [1.82, 2.24) is 9.97 Å². The van der Waals surface area contributed by atoms with Gasteiger partial charge in [-0.05, 0) is 54.8 Å². The topological polar surface area (TPSA) is 72.7 Å². The van der Waals surface area contributed by atoms with Crippen LogP contribution in [0.25, 0.3) is 22.2 Å². The zero-order chi connectivity index (χ0) is 16.6. The van der Waals surface area contributed by atoms with E-state index in [1.807, 2.05) is 24.3 Å². The SMILES string of the molecule is CC(C)(O)c1c(F)cc(CC#N)cc1-c1ccc2[nH]cnc2c1. The minimum absolute atomic E-state index is 0.112. The number of nitriles is 1. The Morgan fingerprint density at radius 1 is 1.30 bits per heavy atom. The van der Waals surface area contributed by atoms with Crippen molar-refractivity contribution in [3.05, 3.63) is 53.6 Å². The molecule has 1 aromatic heterocycles. The summed E-state index contributed by atoms with van der Waals surface area (Å²) < 4.78 is 14.6. The minimum atomic E-state index is -1.34. The Kier molecular flexibility index (Phi) is 3.63. The van der Waals surface area contributed by atoms with Crippen LogP contribution in [0.4, 0.5) is 4.39 Å². The van der Waals surface area contributed by atoms with Crippen LogP contribution in [-0.4, -0.2) is 15.1 Å². The highest BCUT2D eigenvalue weighted by Gasteiger charge is 2.26. The van der Waals surface area contributed by atoms with Gasteiger partial charge in [-0.25, -0.2) is 9.37 Å². The van der Waals surface area contributed by atoms with Crippen LogP contribution in [0.2, 0.25) is 0 Å². The first kappa shape index (κ1) is 15.2. The third-order valence-electron chi connectivity index (χ3n) is 3.78. The molecule has 0 bridgehead atoms. The highest BCUT2D eigenvalue weighted by Crippen LogP contribution is 2.35. The van der Waals surface area contributed by atoms with Gasteiger partial charge in [0.1, 0.15) is 5.82 Å². The second-order valence-corrected chi connectivity index (χ2v) is 6.03. The molecule has 5 heteroatoms. The van der Waals surface area contributed by atoms with Gasteiger partial charge in [-0.2, -0.15) is 5.26 Å². The van der Waals surface area contributed by atoms with E-state index in [4.69, 9.17) is 5.26 Å². The summed E-state index contributed by atoms with van der Waals surface area (Å²) in [4.78, 5) is 7.22. The number of nitrogens with one attached hydrogen (secondary N) is 1. The van der Waals surface area contributed by atoms with Crippen LogP contribution in [0.15, 0.2) is 36.7 Å². The van der Waals surface area contributed by atoms with Gasteiger partial charge in [0.05, 0.1) is 35.5 Å². The van der Waals surface area contributed by atoms with E-state index >= 15 is 0 Å². The monoisotopic (exact) mass is 309 g/mol. The fourth-order valence-corrected chi connectivity index (χ4v) is 2.81. The third-order valence-corrected chi connectivity index (χ3v) is 3.78. The Hall–Kier alpha value is -2.71. The quantitative estimate of drug-likeness (QED) is 0.775. The van der Waals surface area contributed by atoms with Crippen molar-refractivity contribution in [2.75, 3.05) is 0 Å². The van der Waals surface area contributed by atoms with Crippen LogP contribution in [0, 0.1) is 17.1 Å². The largest absolute Gasteiger partial charge is 0.386 e. The summed E-state index contributed by atoms with van der Waals surface area (Å²) in [7, 11) is 0. The van der Waals surface area contributed by atoms with Crippen molar-refractivity contribution in [2.45, 2.75) is 25.9 Å². The lowest BCUT2D eigenvalue weighted by Crippen LogP contribution is -2.19. The van der Waals surface area contributed by atoms with E-state index in [0.29, 0.717) is 11.1 Å². The predicted molar refractivity (Wildman–Crippen MR) is 86.0 cm³/mol. The Balaban J connectivity index is 2.28. The van der Waals surface area contributed by atoms with Crippen molar-refractivity contribution in [2.24, 2.45) is 0 Å². The lowest BCUT2D eigenvalue weighted by atomic mass is 9.87. The van der Waals surface area contributed by atoms with Gasteiger partial charge in [0.25, 0.3) is 0 Å². The molecular weight excluding hydrogens is 293 g/mol. The molecule has 0 aliphatic carbocycles. The van der Waals surface area contributed by atoms with Crippen LogP contribution in [0.5, 0.6) is 0 Å². The maximum Gasteiger partial charge on any atom is 0.130 e. The summed E-state index contributed by atoms with van der Waals surface area (Å²) in [6, 6.07) is 10.6. The van der Waals surface area contributed by atoms with E-state index in [-0.39, 0.29) is 12.0 Å². The van der Waals surface area contributed by atoms with Gasteiger partial charge in [0, 0.05) is 5.56 Å². The van der Waals surface area contributed by atoms with Crippen LogP contribution >= 0.6 is 0 Å². The number of halogens is 1. The number of aliphatic hydroxyl groups is 1. The molecule has 1 heterocycles. The molecule has 0 saturated carbocycles. The number of aromatic amines is 1. The van der Waals surface area contributed by atoms with Gasteiger partial charge in [-0.15, -0.1) is 0 Å². The van der Waals surface area contributed by atoms with Crippen molar-refractivity contribution in [3.63, 3.8) is 0 Å². The zero-order valence-corrected chi connectivity index (χ0v) is 12.9. The molecule has 3 aromatic rings. The molecule has 0 unspecified atom stereocenters. The van der Waals surface area contributed by atoms with E-state index in [9.17, 15) is 9.50 Å². The molecular formula is C18H16FN3O. The number of benzene rings is 2. The number of rotatable bonds is 3. The van der Waals surface area contributed by atoms with Crippen molar-refractivity contribution in [3.8, 4) is 17.2 Å². The molecule has 0 fully saturated rings. The molecule has 0 atom stereocenters. The van der Waals surface area contributed by atoms with Crippen LogP contribution in [0.1, 0.15) is 25.0 Å². The number of aromatic nitrogens is 2. The molecule has 23 heavy (non-hydrogen) atoms. The molecule has 0 aliphatic heterocycles. The summed E-state index contributed by atoms with van der Waals surface area (Å²) in [5.41, 5.74) is 2.42. The Morgan fingerprint density at radius 3 is 2.78 bits per heavy atom. The van der Waals surface area contributed by atoms with Crippen molar-refractivity contribution >= 4 is 11.0 Å². The first-order valence-electron chi connectivity index (χ1n) is 7.26. The highest BCUT2D eigenvalue weighted by atomic mass is 19.1. The average molecular weight is 309 g/mol. The van der Waals surface area contributed by atoms with Gasteiger partial charge in [-0.1, -0.05) is 6.07 Å².